The Morgan fingerprint density at radius 2 is 1.87 bits per heavy atom. The maximum Gasteiger partial charge on any atom is 0.253 e. The van der Waals surface area contributed by atoms with Crippen molar-refractivity contribution in [3.05, 3.63) is 35.4 Å². The Morgan fingerprint density at radius 1 is 1.17 bits per heavy atom. The second-order valence-electron chi connectivity index (χ2n) is 6.54. The van der Waals surface area contributed by atoms with E-state index >= 15 is 0 Å². The molecule has 0 atom stereocenters. The van der Waals surface area contributed by atoms with E-state index in [1.54, 1.807) is 4.90 Å². The highest BCUT2D eigenvalue weighted by atomic mass is 32.2. The van der Waals surface area contributed by atoms with E-state index in [-0.39, 0.29) is 17.4 Å². The lowest BCUT2D eigenvalue weighted by molar-refractivity contribution is 0.0770. The first-order valence-electron chi connectivity index (χ1n) is 8.33. The first-order chi connectivity index (χ1) is 11.0. The molecule has 5 nitrogen and oxygen atoms in total. The monoisotopic (exact) mass is 336 g/mol. The van der Waals surface area contributed by atoms with Crippen LogP contribution in [0.3, 0.4) is 0 Å². The highest BCUT2D eigenvalue weighted by molar-refractivity contribution is 7.91. The molecule has 2 fully saturated rings. The van der Waals surface area contributed by atoms with E-state index in [0.717, 1.165) is 19.5 Å². The third-order valence-corrected chi connectivity index (χ3v) is 6.40. The van der Waals surface area contributed by atoms with Crippen molar-refractivity contribution >= 4 is 15.7 Å². The third kappa shape index (κ3) is 4.32. The van der Waals surface area contributed by atoms with Crippen LogP contribution in [-0.4, -0.2) is 56.9 Å². The lowest BCUT2D eigenvalue weighted by Crippen LogP contribution is -2.43. The van der Waals surface area contributed by atoms with Gasteiger partial charge in [-0.1, -0.05) is 12.1 Å². The fourth-order valence-electron chi connectivity index (χ4n) is 3.35. The number of nitrogens with one attached hydrogen (secondary N) is 1. The van der Waals surface area contributed by atoms with Crippen LogP contribution in [0.1, 0.15) is 28.8 Å². The molecule has 0 aromatic heterocycles. The van der Waals surface area contributed by atoms with Gasteiger partial charge in [0.2, 0.25) is 0 Å². The number of benzene rings is 1. The van der Waals surface area contributed by atoms with Gasteiger partial charge >= 0.3 is 0 Å². The Hall–Kier alpha value is -1.40. The molecule has 2 heterocycles. The lowest BCUT2D eigenvalue weighted by Gasteiger charge is -2.27. The molecule has 1 N–H and O–H groups in total. The average Bonchev–Trinajstić information content (AvgIpc) is 2.55. The first kappa shape index (κ1) is 16.5. The van der Waals surface area contributed by atoms with Gasteiger partial charge in [-0.05, 0) is 56.0 Å². The number of hydrogen-bond acceptors (Lipinski definition) is 4. The maximum atomic E-state index is 12.6. The molecule has 0 saturated carbocycles. The van der Waals surface area contributed by atoms with Crippen molar-refractivity contribution in [1.29, 1.82) is 0 Å². The van der Waals surface area contributed by atoms with Gasteiger partial charge in [-0.3, -0.25) is 4.79 Å². The molecule has 0 radical (unpaired) electrons. The van der Waals surface area contributed by atoms with Crippen molar-refractivity contribution in [3.8, 4) is 0 Å². The zero-order chi connectivity index (χ0) is 16.3. The SMILES string of the molecule is O=C(c1cccc(CC2CCNCC2)c1)N1CCS(=O)(=O)CC1. The fraction of sp³-hybridized carbons (Fsp3) is 0.588. The van der Waals surface area contributed by atoms with Crippen molar-refractivity contribution in [2.24, 2.45) is 5.92 Å². The van der Waals surface area contributed by atoms with Crippen molar-refractivity contribution in [1.82, 2.24) is 10.2 Å². The second-order valence-corrected chi connectivity index (χ2v) is 8.85. The summed E-state index contributed by atoms with van der Waals surface area (Å²) in [5.41, 5.74) is 1.88. The Labute approximate surface area is 138 Å². The standard InChI is InChI=1S/C17H24N2O3S/c20-17(19-8-10-23(21,22)11-9-19)16-3-1-2-15(13-16)12-14-4-6-18-7-5-14/h1-3,13-14,18H,4-12H2. The average molecular weight is 336 g/mol. The largest absolute Gasteiger partial charge is 0.337 e. The molecular weight excluding hydrogens is 312 g/mol. The van der Waals surface area contributed by atoms with Gasteiger partial charge in [-0.15, -0.1) is 0 Å². The quantitative estimate of drug-likeness (QED) is 0.898. The number of nitrogens with zero attached hydrogens (tertiary/aromatic N) is 1. The van der Waals surface area contributed by atoms with E-state index in [1.165, 1.54) is 18.4 Å². The van der Waals surface area contributed by atoms with Crippen LogP contribution in [0, 0.1) is 5.92 Å². The van der Waals surface area contributed by atoms with Gasteiger partial charge in [0.05, 0.1) is 11.5 Å². The number of hydrogen-bond donors (Lipinski definition) is 1. The molecule has 23 heavy (non-hydrogen) atoms. The van der Waals surface area contributed by atoms with Crippen molar-refractivity contribution in [2.45, 2.75) is 19.3 Å². The molecule has 3 rings (SSSR count). The van der Waals surface area contributed by atoms with E-state index in [0.29, 0.717) is 24.6 Å². The van der Waals surface area contributed by atoms with Crippen LogP contribution in [0.5, 0.6) is 0 Å². The van der Waals surface area contributed by atoms with Gasteiger partial charge in [0.1, 0.15) is 0 Å². The van der Waals surface area contributed by atoms with E-state index in [2.05, 4.69) is 11.4 Å². The van der Waals surface area contributed by atoms with E-state index in [4.69, 9.17) is 0 Å². The van der Waals surface area contributed by atoms with Crippen LogP contribution >= 0.6 is 0 Å². The number of carbonyl (C=O) groups is 1. The zero-order valence-electron chi connectivity index (χ0n) is 13.3. The van der Waals surface area contributed by atoms with Gasteiger partial charge in [0, 0.05) is 18.7 Å². The molecule has 1 aromatic carbocycles. The third-order valence-electron chi connectivity index (χ3n) is 4.79. The number of piperidine rings is 1. The van der Waals surface area contributed by atoms with Crippen LogP contribution in [0.15, 0.2) is 24.3 Å². The maximum absolute atomic E-state index is 12.6. The molecule has 2 aliphatic rings. The van der Waals surface area contributed by atoms with Crippen LogP contribution in [0.25, 0.3) is 0 Å². The first-order valence-corrected chi connectivity index (χ1v) is 10.1. The summed E-state index contributed by atoms with van der Waals surface area (Å²) in [6.07, 6.45) is 3.38. The van der Waals surface area contributed by atoms with Gasteiger partial charge in [0.25, 0.3) is 5.91 Å². The van der Waals surface area contributed by atoms with Gasteiger partial charge < -0.3 is 10.2 Å². The minimum atomic E-state index is -2.96. The summed E-state index contributed by atoms with van der Waals surface area (Å²) in [6, 6.07) is 7.83. The Bertz CT molecular complexity index is 652. The van der Waals surface area contributed by atoms with Crippen LogP contribution in [-0.2, 0) is 16.3 Å². The molecule has 0 unspecified atom stereocenters. The molecule has 0 aliphatic carbocycles. The van der Waals surface area contributed by atoms with Crippen molar-refractivity contribution < 1.29 is 13.2 Å². The fourth-order valence-corrected chi connectivity index (χ4v) is 4.55. The topological polar surface area (TPSA) is 66.5 Å². The molecule has 0 bridgehead atoms. The minimum absolute atomic E-state index is 0.0490. The highest BCUT2D eigenvalue weighted by Crippen LogP contribution is 2.19. The Balaban J connectivity index is 1.65. The van der Waals surface area contributed by atoms with E-state index in [1.807, 2.05) is 18.2 Å². The van der Waals surface area contributed by atoms with Crippen molar-refractivity contribution in [3.63, 3.8) is 0 Å². The molecule has 6 heteroatoms. The van der Waals surface area contributed by atoms with E-state index in [9.17, 15) is 13.2 Å². The number of sulfone groups is 1. The number of rotatable bonds is 3. The van der Waals surface area contributed by atoms with Crippen LogP contribution in [0.2, 0.25) is 0 Å². The molecule has 1 amide bonds. The zero-order valence-corrected chi connectivity index (χ0v) is 14.1. The molecule has 2 aliphatic heterocycles. The van der Waals surface area contributed by atoms with Crippen LogP contribution < -0.4 is 5.32 Å². The van der Waals surface area contributed by atoms with Gasteiger partial charge in [-0.2, -0.15) is 0 Å². The predicted molar refractivity (Wildman–Crippen MR) is 90.3 cm³/mol. The van der Waals surface area contributed by atoms with Gasteiger partial charge in [0.15, 0.2) is 9.84 Å². The highest BCUT2D eigenvalue weighted by Gasteiger charge is 2.25. The molecule has 0 spiro atoms. The summed E-state index contributed by atoms with van der Waals surface area (Å²) in [5.74, 6) is 0.787. The molecule has 2 saturated heterocycles. The summed E-state index contributed by atoms with van der Waals surface area (Å²) in [5, 5.41) is 3.37. The summed E-state index contributed by atoms with van der Waals surface area (Å²) < 4.78 is 23.0. The smallest absolute Gasteiger partial charge is 0.253 e. The summed E-state index contributed by atoms with van der Waals surface area (Å²) >= 11 is 0. The molecular formula is C17H24N2O3S. The molecule has 126 valence electrons. The summed E-state index contributed by atoms with van der Waals surface area (Å²) in [7, 11) is -2.96. The normalized spacial score (nSPS) is 22.0. The summed E-state index contributed by atoms with van der Waals surface area (Å²) in [6.45, 7) is 2.76. The number of carbonyl (C=O) groups excluding carboxylic acids is 1. The second kappa shape index (κ2) is 7.01. The predicted octanol–water partition coefficient (Wildman–Crippen LogP) is 1.10. The van der Waals surface area contributed by atoms with Crippen LogP contribution in [0.4, 0.5) is 0 Å². The lowest BCUT2D eigenvalue weighted by atomic mass is 9.90. The Morgan fingerprint density at radius 3 is 2.57 bits per heavy atom. The molecule has 1 aromatic rings. The van der Waals surface area contributed by atoms with Crippen molar-refractivity contribution in [2.75, 3.05) is 37.7 Å². The van der Waals surface area contributed by atoms with E-state index < -0.39 is 9.84 Å². The minimum Gasteiger partial charge on any atom is -0.337 e. The summed E-state index contributed by atoms with van der Waals surface area (Å²) in [4.78, 5) is 14.2. The number of amides is 1. The Kier molecular flexibility index (Phi) is 5.02. The van der Waals surface area contributed by atoms with Gasteiger partial charge in [-0.25, -0.2) is 8.42 Å².